The topological polar surface area (TPSA) is 66.3 Å². The summed E-state index contributed by atoms with van der Waals surface area (Å²) in [5.41, 5.74) is 0.347. The highest BCUT2D eigenvalue weighted by Crippen LogP contribution is 2.14. The van der Waals surface area contributed by atoms with Crippen molar-refractivity contribution in [2.75, 3.05) is 18.5 Å². The Morgan fingerprint density at radius 1 is 1.61 bits per heavy atom. The van der Waals surface area contributed by atoms with Gasteiger partial charge in [0.1, 0.15) is 11.6 Å². The SMILES string of the molecule is Cc1nc(N(C)CCC(C)Br)cc2n[nH]c(=O)n12. The predicted octanol–water partition coefficient (Wildman–Crippen LogP) is 1.34. The highest BCUT2D eigenvalue weighted by atomic mass is 79.9. The van der Waals surface area contributed by atoms with Gasteiger partial charge in [-0.3, -0.25) is 0 Å². The van der Waals surface area contributed by atoms with Crippen LogP contribution in [0.1, 0.15) is 19.2 Å². The Labute approximate surface area is 113 Å². The first-order valence-corrected chi connectivity index (χ1v) is 6.70. The Hall–Kier alpha value is -1.37. The molecule has 2 aromatic heterocycles. The lowest BCUT2D eigenvalue weighted by atomic mass is 10.3. The Balaban J connectivity index is 2.32. The number of H-pyrrole nitrogens is 1. The number of hydrogen-bond acceptors (Lipinski definition) is 4. The van der Waals surface area contributed by atoms with Crippen LogP contribution in [0, 0.1) is 6.92 Å². The smallest absolute Gasteiger partial charge is 0.349 e. The van der Waals surface area contributed by atoms with Crippen LogP contribution >= 0.6 is 15.9 Å². The molecule has 0 saturated heterocycles. The molecule has 0 radical (unpaired) electrons. The van der Waals surface area contributed by atoms with Crippen molar-refractivity contribution in [3.05, 3.63) is 22.4 Å². The van der Waals surface area contributed by atoms with E-state index in [0.29, 0.717) is 16.3 Å². The van der Waals surface area contributed by atoms with Gasteiger partial charge in [-0.25, -0.2) is 19.3 Å². The van der Waals surface area contributed by atoms with Crippen molar-refractivity contribution in [1.82, 2.24) is 19.6 Å². The number of rotatable bonds is 4. The molecule has 98 valence electrons. The molecule has 2 aromatic rings. The van der Waals surface area contributed by atoms with Crippen LogP contribution in [0.2, 0.25) is 0 Å². The van der Waals surface area contributed by atoms with Gasteiger partial charge in [-0.15, -0.1) is 0 Å². The van der Waals surface area contributed by atoms with E-state index in [0.717, 1.165) is 18.8 Å². The van der Waals surface area contributed by atoms with Crippen molar-refractivity contribution in [3.63, 3.8) is 0 Å². The molecule has 7 heteroatoms. The van der Waals surface area contributed by atoms with Crippen LogP contribution in [0.15, 0.2) is 10.9 Å². The molecule has 0 aliphatic heterocycles. The third kappa shape index (κ3) is 2.55. The fraction of sp³-hybridized carbons (Fsp3) is 0.545. The lowest BCUT2D eigenvalue weighted by molar-refractivity contribution is 0.773. The number of nitrogens with zero attached hydrogens (tertiary/aromatic N) is 4. The molecule has 2 rings (SSSR count). The summed E-state index contributed by atoms with van der Waals surface area (Å²) < 4.78 is 1.46. The molecule has 2 heterocycles. The average Bonchev–Trinajstić information content (AvgIpc) is 2.68. The maximum atomic E-state index is 11.5. The van der Waals surface area contributed by atoms with E-state index in [9.17, 15) is 4.79 Å². The second-order valence-electron chi connectivity index (χ2n) is 4.37. The molecule has 0 amide bonds. The highest BCUT2D eigenvalue weighted by molar-refractivity contribution is 9.09. The quantitative estimate of drug-likeness (QED) is 0.865. The second-order valence-corrected chi connectivity index (χ2v) is 5.94. The lowest BCUT2D eigenvalue weighted by Gasteiger charge is -2.19. The number of aryl methyl sites for hydroxylation is 1. The van der Waals surface area contributed by atoms with E-state index in [4.69, 9.17) is 0 Å². The van der Waals surface area contributed by atoms with Gasteiger partial charge in [-0.2, -0.15) is 5.10 Å². The van der Waals surface area contributed by atoms with E-state index < -0.39 is 0 Å². The van der Waals surface area contributed by atoms with Gasteiger partial charge >= 0.3 is 5.69 Å². The molecule has 1 atom stereocenters. The van der Waals surface area contributed by atoms with E-state index in [1.165, 1.54) is 4.40 Å². The monoisotopic (exact) mass is 313 g/mol. The summed E-state index contributed by atoms with van der Waals surface area (Å²) in [5.74, 6) is 1.46. The van der Waals surface area contributed by atoms with Crippen molar-refractivity contribution >= 4 is 27.4 Å². The standard InChI is InChI=1S/C11H16BrN5O/c1-7(12)4-5-16(3)9-6-10-14-15-11(18)17(10)8(2)13-9/h6-7H,4-5H2,1-3H3,(H,15,18). The van der Waals surface area contributed by atoms with Crippen molar-refractivity contribution in [1.29, 1.82) is 0 Å². The third-order valence-corrected chi connectivity index (χ3v) is 3.27. The van der Waals surface area contributed by atoms with E-state index in [1.54, 1.807) is 6.92 Å². The number of aromatic amines is 1. The minimum absolute atomic E-state index is 0.252. The summed E-state index contributed by atoms with van der Waals surface area (Å²) in [6.07, 6.45) is 1.02. The number of hydrogen-bond donors (Lipinski definition) is 1. The maximum absolute atomic E-state index is 11.5. The molecule has 0 spiro atoms. The van der Waals surface area contributed by atoms with Crippen LogP contribution < -0.4 is 10.6 Å². The van der Waals surface area contributed by atoms with Crippen LogP contribution in [0.3, 0.4) is 0 Å². The minimum Gasteiger partial charge on any atom is -0.359 e. The van der Waals surface area contributed by atoms with E-state index in [-0.39, 0.29) is 5.69 Å². The van der Waals surface area contributed by atoms with Gasteiger partial charge in [0.2, 0.25) is 0 Å². The normalized spacial score (nSPS) is 12.9. The number of anilines is 1. The molecular weight excluding hydrogens is 298 g/mol. The molecule has 1 N–H and O–H groups in total. The fourth-order valence-electron chi connectivity index (χ4n) is 1.76. The van der Waals surface area contributed by atoms with Crippen molar-refractivity contribution < 1.29 is 0 Å². The highest BCUT2D eigenvalue weighted by Gasteiger charge is 2.10. The average molecular weight is 314 g/mol. The summed E-state index contributed by atoms with van der Waals surface area (Å²) in [7, 11) is 1.98. The molecular formula is C11H16BrN5O. The molecule has 1 unspecified atom stereocenters. The molecule has 0 bridgehead atoms. The largest absolute Gasteiger partial charge is 0.359 e. The minimum atomic E-state index is -0.252. The summed E-state index contributed by atoms with van der Waals surface area (Å²) >= 11 is 3.52. The van der Waals surface area contributed by atoms with E-state index in [1.807, 2.05) is 13.1 Å². The number of fused-ring (bicyclic) bond motifs is 1. The first kappa shape index (κ1) is 13.1. The molecule has 0 fully saturated rings. The van der Waals surface area contributed by atoms with Crippen molar-refractivity contribution in [3.8, 4) is 0 Å². The number of alkyl halides is 1. The summed E-state index contributed by atoms with van der Waals surface area (Å²) in [5, 5.41) is 6.39. The Bertz CT molecular complexity index is 603. The molecule has 0 saturated carbocycles. The zero-order chi connectivity index (χ0) is 13.3. The number of halogens is 1. The van der Waals surface area contributed by atoms with Crippen LogP contribution in [0.25, 0.3) is 5.65 Å². The summed E-state index contributed by atoms with van der Waals surface area (Å²) in [6.45, 7) is 4.81. The van der Waals surface area contributed by atoms with Gasteiger partial charge in [-0.1, -0.05) is 22.9 Å². The van der Waals surface area contributed by atoms with Crippen molar-refractivity contribution in [2.24, 2.45) is 0 Å². The van der Waals surface area contributed by atoms with Gasteiger partial charge < -0.3 is 4.90 Å². The second kappa shape index (κ2) is 5.09. The predicted molar refractivity (Wildman–Crippen MR) is 74.6 cm³/mol. The van der Waals surface area contributed by atoms with E-state index in [2.05, 4.69) is 42.9 Å². The molecule has 18 heavy (non-hydrogen) atoms. The van der Waals surface area contributed by atoms with E-state index >= 15 is 0 Å². The van der Waals surface area contributed by atoms with Crippen LogP contribution in [0.4, 0.5) is 5.82 Å². The third-order valence-electron chi connectivity index (χ3n) is 2.81. The summed E-state index contributed by atoms with van der Waals surface area (Å²) in [4.78, 5) is 18.4. The van der Waals surface area contributed by atoms with Gasteiger partial charge in [0.15, 0.2) is 5.65 Å². The number of aromatic nitrogens is 4. The molecule has 0 aliphatic rings. The lowest BCUT2D eigenvalue weighted by Crippen LogP contribution is -2.23. The Morgan fingerprint density at radius 2 is 2.33 bits per heavy atom. The first-order valence-electron chi connectivity index (χ1n) is 5.79. The summed E-state index contributed by atoms with van der Waals surface area (Å²) in [6, 6.07) is 1.81. The Kier molecular flexibility index (Phi) is 3.70. The number of nitrogens with one attached hydrogen (secondary N) is 1. The molecule has 0 aliphatic carbocycles. The fourth-order valence-corrected chi connectivity index (χ4v) is 1.97. The Morgan fingerprint density at radius 3 is 3.00 bits per heavy atom. The van der Waals surface area contributed by atoms with Crippen LogP contribution in [-0.4, -0.2) is 38.0 Å². The first-order chi connectivity index (χ1) is 8.49. The molecule has 6 nitrogen and oxygen atoms in total. The van der Waals surface area contributed by atoms with Crippen molar-refractivity contribution in [2.45, 2.75) is 25.1 Å². The van der Waals surface area contributed by atoms with Gasteiger partial charge in [0.25, 0.3) is 0 Å². The van der Waals surface area contributed by atoms with Crippen LogP contribution in [-0.2, 0) is 0 Å². The molecule has 0 aromatic carbocycles. The van der Waals surface area contributed by atoms with Gasteiger partial charge in [0.05, 0.1) is 0 Å². The maximum Gasteiger partial charge on any atom is 0.349 e. The zero-order valence-electron chi connectivity index (χ0n) is 10.6. The zero-order valence-corrected chi connectivity index (χ0v) is 12.2. The van der Waals surface area contributed by atoms with Crippen LogP contribution in [0.5, 0.6) is 0 Å². The van der Waals surface area contributed by atoms with Gasteiger partial charge in [0, 0.05) is 24.5 Å². The van der Waals surface area contributed by atoms with Gasteiger partial charge in [-0.05, 0) is 13.3 Å².